The van der Waals surface area contributed by atoms with Crippen LogP contribution >= 0.6 is 0 Å². The largest absolute Gasteiger partial charge is 1.00 e. The minimum Gasteiger partial charge on any atom is -0.832 e. The second kappa shape index (κ2) is 12.8. The van der Waals surface area contributed by atoms with Crippen LogP contribution in [0, 0.1) is 5.41 Å². The molecule has 0 aliphatic carbocycles. The molecule has 0 aliphatic rings. The number of rotatable bonds is 6. The number of halogens is 2. The molecule has 20 heavy (non-hydrogen) atoms. The summed E-state index contributed by atoms with van der Waals surface area (Å²) in [5.41, 5.74) is -2.22. The molecule has 0 atom stereocenters. The molecule has 4 N–H and O–H groups in total. The van der Waals surface area contributed by atoms with Crippen LogP contribution < -0.4 is 23.9 Å². The number of carboxylic acids is 2. The zero-order chi connectivity index (χ0) is 15.5. The Morgan fingerprint density at radius 3 is 1.45 bits per heavy atom. The van der Waals surface area contributed by atoms with Crippen molar-refractivity contribution in [3.05, 3.63) is 24.8 Å². The van der Waals surface area contributed by atoms with Crippen molar-refractivity contribution in [1.82, 2.24) is 0 Å². The molecule has 0 fully saturated rings. The molecule has 0 saturated heterocycles. The molecule has 0 rings (SSSR count). The standard InChI is InChI=1S/C9H10F2O4.BH2O3.Li/c10-5-1-3-9(7(12)13,8(14)15)4-2-6-11;2-1(3)4;/h1-2,5-6H,3-4H2,(H,12,13)(H,14,15);2-3H;/q;-1;+1. The third-order valence-electron chi connectivity index (χ3n) is 1.93. The molecule has 0 radical (unpaired) electrons. The van der Waals surface area contributed by atoms with E-state index in [0.29, 0.717) is 0 Å². The molecule has 0 saturated carbocycles. The van der Waals surface area contributed by atoms with Gasteiger partial charge < -0.3 is 25.3 Å². The van der Waals surface area contributed by atoms with E-state index < -0.39 is 37.5 Å². The van der Waals surface area contributed by atoms with Crippen LogP contribution in [-0.4, -0.2) is 39.5 Å². The van der Waals surface area contributed by atoms with Crippen LogP contribution in [-0.2, 0) is 9.59 Å². The van der Waals surface area contributed by atoms with Crippen molar-refractivity contribution in [3.63, 3.8) is 0 Å². The first-order valence-electron chi connectivity index (χ1n) is 4.73. The van der Waals surface area contributed by atoms with E-state index in [4.69, 9.17) is 25.3 Å². The molecule has 0 aromatic rings. The first kappa shape index (κ1) is 23.9. The van der Waals surface area contributed by atoms with Crippen molar-refractivity contribution in [3.8, 4) is 0 Å². The predicted octanol–water partition coefficient (Wildman–Crippen LogP) is -3.79. The summed E-state index contributed by atoms with van der Waals surface area (Å²) in [4.78, 5) is 21.6. The van der Waals surface area contributed by atoms with E-state index in [1.54, 1.807) is 0 Å². The second-order valence-corrected chi connectivity index (χ2v) is 3.15. The Balaban J connectivity index is -0.000000508. The van der Waals surface area contributed by atoms with Crippen molar-refractivity contribution in [2.24, 2.45) is 5.41 Å². The van der Waals surface area contributed by atoms with Gasteiger partial charge in [0.05, 0.1) is 12.7 Å². The molecule has 0 bridgehead atoms. The van der Waals surface area contributed by atoms with Crippen molar-refractivity contribution in [2.75, 3.05) is 0 Å². The van der Waals surface area contributed by atoms with Crippen LogP contribution in [0.1, 0.15) is 12.8 Å². The summed E-state index contributed by atoms with van der Waals surface area (Å²) >= 11 is 0. The van der Waals surface area contributed by atoms with E-state index in [2.05, 4.69) is 0 Å². The van der Waals surface area contributed by atoms with Crippen molar-refractivity contribution in [1.29, 1.82) is 0 Å². The van der Waals surface area contributed by atoms with E-state index in [1.165, 1.54) is 0 Å². The van der Waals surface area contributed by atoms with Gasteiger partial charge in [-0.1, -0.05) is 12.2 Å². The molecule has 7 nitrogen and oxygen atoms in total. The van der Waals surface area contributed by atoms with Crippen LogP contribution in [0.15, 0.2) is 24.8 Å². The van der Waals surface area contributed by atoms with Crippen molar-refractivity contribution >= 4 is 19.3 Å². The molecular formula is C9H12BF2LiO7. The minimum atomic E-state index is -2.42. The summed E-state index contributed by atoms with van der Waals surface area (Å²) in [5.74, 6) is -3.27. The fraction of sp³-hybridized carbons (Fsp3) is 0.333. The van der Waals surface area contributed by atoms with E-state index in [-0.39, 0.29) is 31.5 Å². The normalized spacial score (nSPS) is 10.7. The summed E-state index contributed by atoms with van der Waals surface area (Å²) in [6.07, 6.45) is 0.569. The van der Waals surface area contributed by atoms with Gasteiger partial charge in [0.1, 0.15) is 0 Å². The van der Waals surface area contributed by atoms with Gasteiger partial charge in [0.2, 0.25) is 0 Å². The Labute approximate surface area is 125 Å². The van der Waals surface area contributed by atoms with Gasteiger partial charge in [0.25, 0.3) is 0 Å². The Kier molecular flexibility index (Phi) is 15.3. The summed E-state index contributed by atoms with van der Waals surface area (Å²) in [5, 5.41) is 40.3. The number of carboxylic acid groups (broad SMARTS) is 2. The third kappa shape index (κ3) is 9.71. The Hall–Kier alpha value is -1.18. The van der Waals surface area contributed by atoms with Gasteiger partial charge in [-0.3, -0.25) is 9.59 Å². The maximum atomic E-state index is 11.7. The average Bonchev–Trinajstić information content (AvgIpc) is 2.28. The van der Waals surface area contributed by atoms with Crippen molar-refractivity contribution < 1.29 is 62.5 Å². The van der Waals surface area contributed by atoms with Crippen LogP contribution in [0.25, 0.3) is 0 Å². The first-order valence-corrected chi connectivity index (χ1v) is 4.73. The SMILES string of the molecule is O=C(O)C(CC=CF)(CC=CF)C(=O)O.[Li+].[O-]B(O)O. The fourth-order valence-corrected chi connectivity index (χ4v) is 1.02. The van der Waals surface area contributed by atoms with Gasteiger partial charge in [-0.25, -0.2) is 8.78 Å². The van der Waals surface area contributed by atoms with Gasteiger partial charge in [-0.2, -0.15) is 0 Å². The maximum Gasteiger partial charge on any atom is 1.00 e. The first-order chi connectivity index (χ1) is 8.74. The monoisotopic (exact) mass is 288 g/mol. The Morgan fingerprint density at radius 1 is 1.05 bits per heavy atom. The average molecular weight is 288 g/mol. The number of aliphatic carboxylic acids is 2. The van der Waals surface area contributed by atoms with E-state index in [9.17, 15) is 18.4 Å². The van der Waals surface area contributed by atoms with Gasteiger partial charge in [0.15, 0.2) is 5.41 Å². The van der Waals surface area contributed by atoms with Crippen molar-refractivity contribution in [2.45, 2.75) is 12.8 Å². The Bertz CT molecular complexity index is 316. The molecular weight excluding hydrogens is 276 g/mol. The van der Waals surface area contributed by atoms with Gasteiger partial charge >= 0.3 is 38.1 Å². The maximum absolute atomic E-state index is 11.7. The summed E-state index contributed by atoms with van der Waals surface area (Å²) in [7, 11) is -2.42. The molecule has 108 valence electrons. The molecule has 0 aliphatic heterocycles. The fourth-order valence-electron chi connectivity index (χ4n) is 1.02. The van der Waals surface area contributed by atoms with Gasteiger partial charge in [-0.05, 0) is 12.8 Å². The van der Waals surface area contributed by atoms with E-state index in [1.807, 2.05) is 0 Å². The third-order valence-corrected chi connectivity index (χ3v) is 1.93. The van der Waals surface area contributed by atoms with Crippen LogP contribution in [0.5, 0.6) is 0 Å². The predicted molar refractivity (Wildman–Crippen MR) is 57.6 cm³/mol. The van der Waals surface area contributed by atoms with Crippen LogP contribution in [0.3, 0.4) is 0 Å². The number of allylic oxidation sites excluding steroid dienone is 2. The second-order valence-electron chi connectivity index (χ2n) is 3.15. The van der Waals surface area contributed by atoms with E-state index in [0.717, 1.165) is 12.2 Å². The van der Waals surface area contributed by atoms with Gasteiger partial charge in [-0.15, -0.1) is 0 Å². The minimum absolute atomic E-state index is 0. The molecule has 0 aromatic carbocycles. The van der Waals surface area contributed by atoms with Crippen LogP contribution in [0.2, 0.25) is 0 Å². The topological polar surface area (TPSA) is 138 Å². The molecule has 0 heterocycles. The molecule has 0 spiro atoms. The molecule has 0 aromatic heterocycles. The number of hydrogen-bond donors (Lipinski definition) is 4. The molecule has 0 amide bonds. The van der Waals surface area contributed by atoms with Crippen LogP contribution in [0.4, 0.5) is 8.78 Å². The van der Waals surface area contributed by atoms with Gasteiger partial charge in [0, 0.05) is 0 Å². The molecule has 11 heteroatoms. The Morgan fingerprint density at radius 2 is 1.30 bits per heavy atom. The zero-order valence-corrected chi connectivity index (χ0v) is 10.6. The quantitative estimate of drug-likeness (QED) is 0.290. The summed E-state index contributed by atoms with van der Waals surface area (Å²) < 4.78 is 23.4. The zero-order valence-electron chi connectivity index (χ0n) is 10.6. The number of hydrogen-bond acceptors (Lipinski definition) is 5. The number of carbonyl (C=O) groups is 2. The van der Waals surface area contributed by atoms with E-state index >= 15 is 0 Å². The summed E-state index contributed by atoms with van der Waals surface area (Å²) in [6.45, 7) is 0. The smallest absolute Gasteiger partial charge is 0.832 e. The molecule has 0 unspecified atom stereocenters. The summed E-state index contributed by atoms with van der Waals surface area (Å²) in [6, 6.07) is 0.